The van der Waals surface area contributed by atoms with Crippen LogP contribution in [-0.4, -0.2) is 11.0 Å². The summed E-state index contributed by atoms with van der Waals surface area (Å²) in [5, 5.41) is 8.96. The molecule has 0 fully saturated rings. The van der Waals surface area contributed by atoms with E-state index in [1.165, 1.54) is 0 Å². The van der Waals surface area contributed by atoms with E-state index in [1.54, 1.807) is 11.3 Å². The second-order valence-electron chi connectivity index (χ2n) is 5.92. The first-order valence-corrected chi connectivity index (χ1v) is 9.10. The third kappa shape index (κ3) is 4.45. The number of hydrogen-bond acceptors (Lipinski definition) is 3. The van der Waals surface area contributed by atoms with Crippen LogP contribution in [0.4, 0.5) is 4.79 Å². The number of nitrogens with one attached hydrogen (secondary N) is 2. The molecule has 2 amide bonds. The normalized spacial score (nSPS) is 12.0. The van der Waals surface area contributed by atoms with Gasteiger partial charge in [0.15, 0.2) is 0 Å². The number of carbonyl (C=O) groups is 1. The molecule has 3 rings (SSSR count). The fraction of sp³-hybridized carbons (Fsp3) is 0.200. The Morgan fingerprint density at radius 3 is 2.00 bits per heavy atom. The van der Waals surface area contributed by atoms with Crippen LogP contribution in [0.3, 0.4) is 0 Å². The van der Waals surface area contributed by atoms with Crippen molar-refractivity contribution in [2.45, 2.75) is 25.9 Å². The molecular weight excluding hydrogens is 330 g/mol. The number of benzene rings is 2. The SMILES string of the molecule is Cc1csc(C(C)NC(=O)NC(c2ccccc2)c2ccccc2)n1. The second-order valence-corrected chi connectivity index (χ2v) is 6.81. The Morgan fingerprint density at radius 2 is 1.52 bits per heavy atom. The minimum absolute atomic E-state index is 0.133. The van der Waals surface area contributed by atoms with E-state index in [9.17, 15) is 4.79 Å². The summed E-state index contributed by atoms with van der Waals surface area (Å²) in [6.07, 6.45) is 0. The van der Waals surface area contributed by atoms with Crippen molar-refractivity contribution in [1.82, 2.24) is 15.6 Å². The smallest absolute Gasteiger partial charge is 0.316 e. The fourth-order valence-corrected chi connectivity index (χ4v) is 3.46. The van der Waals surface area contributed by atoms with E-state index in [0.717, 1.165) is 21.8 Å². The van der Waals surface area contributed by atoms with E-state index in [2.05, 4.69) is 15.6 Å². The molecule has 1 unspecified atom stereocenters. The number of thiazole rings is 1. The van der Waals surface area contributed by atoms with E-state index in [4.69, 9.17) is 0 Å². The third-order valence-corrected chi connectivity index (χ3v) is 5.04. The second kappa shape index (κ2) is 7.94. The van der Waals surface area contributed by atoms with Gasteiger partial charge in [-0.05, 0) is 25.0 Å². The largest absolute Gasteiger partial charge is 0.329 e. The molecule has 0 spiro atoms. The lowest BCUT2D eigenvalue weighted by atomic mass is 9.99. The highest BCUT2D eigenvalue weighted by Gasteiger charge is 2.18. The first-order valence-electron chi connectivity index (χ1n) is 8.22. The van der Waals surface area contributed by atoms with Crippen molar-refractivity contribution in [2.75, 3.05) is 0 Å². The zero-order valence-electron chi connectivity index (χ0n) is 14.3. The van der Waals surface area contributed by atoms with Crippen LogP contribution in [0, 0.1) is 6.92 Å². The van der Waals surface area contributed by atoms with Crippen LogP contribution in [0.5, 0.6) is 0 Å². The molecule has 128 valence electrons. The summed E-state index contributed by atoms with van der Waals surface area (Å²) in [5.41, 5.74) is 3.06. The van der Waals surface area contributed by atoms with Gasteiger partial charge in [-0.25, -0.2) is 9.78 Å². The van der Waals surface area contributed by atoms with Crippen LogP contribution in [0.2, 0.25) is 0 Å². The molecule has 0 aliphatic heterocycles. The van der Waals surface area contributed by atoms with Gasteiger partial charge < -0.3 is 10.6 Å². The standard InChI is InChI=1S/C20H21N3OS/c1-14-13-25-19(21-14)15(2)22-20(24)23-18(16-9-5-3-6-10-16)17-11-7-4-8-12-17/h3-13,15,18H,1-2H3,(H2,22,23,24). The Balaban J connectivity index is 1.75. The Bertz CT molecular complexity index is 778. The highest BCUT2D eigenvalue weighted by Crippen LogP contribution is 2.22. The van der Waals surface area contributed by atoms with Gasteiger partial charge in [0.2, 0.25) is 0 Å². The van der Waals surface area contributed by atoms with Crippen LogP contribution >= 0.6 is 11.3 Å². The summed E-state index contributed by atoms with van der Waals surface area (Å²) in [7, 11) is 0. The average molecular weight is 351 g/mol. The predicted octanol–water partition coefficient (Wildman–Crippen LogP) is 4.60. The number of amides is 2. The highest BCUT2D eigenvalue weighted by molar-refractivity contribution is 7.09. The number of aryl methyl sites for hydroxylation is 1. The molecule has 2 aromatic carbocycles. The van der Waals surface area contributed by atoms with Crippen LogP contribution in [0.15, 0.2) is 66.0 Å². The molecule has 1 heterocycles. The molecule has 0 radical (unpaired) electrons. The Hall–Kier alpha value is -2.66. The fourth-order valence-electron chi connectivity index (χ4n) is 2.65. The maximum absolute atomic E-state index is 12.5. The molecule has 0 aliphatic rings. The number of hydrogen-bond donors (Lipinski definition) is 2. The quantitative estimate of drug-likeness (QED) is 0.706. The van der Waals surface area contributed by atoms with Gasteiger partial charge in [-0.15, -0.1) is 11.3 Å². The molecule has 1 aromatic heterocycles. The topological polar surface area (TPSA) is 54.0 Å². The molecule has 3 aromatic rings. The molecule has 0 aliphatic carbocycles. The Kier molecular flexibility index (Phi) is 5.46. The maximum atomic E-state index is 12.5. The van der Waals surface area contributed by atoms with Gasteiger partial charge in [0.05, 0.1) is 12.1 Å². The molecule has 0 saturated heterocycles. The van der Waals surface area contributed by atoms with Crippen molar-refractivity contribution in [3.63, 3.8) is 0 Å². The van der Waals surface area contributed by atoms with Crippen LogP contribution in [0.25, 0.3) is 0 Å². The van der Waals surface area contributed by atoms with Crippen molar-refractivity contribution in [3.05, 3.63) is 87.9 Å². The van der Waals surface area contributed by atoms with Gasteiger partial charge in [-0.3, -0.25) is 0 Å². The lowest BCUT2D eigenvalue weighted by Gasteiger charge is -2.21. The van der Waals surface area contributed by atoms with Crippen molar-refractivity contribution >= 4 is 17.4 Å². The summed E-state index contributed by atoms with van der Waals surface area (Å²) >= 11 is 1.56. The predicted molar refractivity (Wildman–Crippen MR) is 102 cm³/mol. The van der Waals surface area contributed by atoms with Crippen molar-refractivity contribution in [3.8, 4) is 0 Å². The first kappa shape index (κ1) is 17.2. The van der Waals surface area contributed by atoms with Crippen molar-refractivity contribution in [1.29, 1.82) is 0 Å². The van der Waals surface area contributed by atoms with E-state index >= 15 is 0 Å². The summed E-state index contributed by atoms with van der Waals surface area (Å²) in [6.45, 7) is 3.89. The molecule has 5 heteroatoms. The van der Waals surface area contributed by atoms with Crippen molar-refractivity contribution < 1.29 is 4.79 Å². The van der Waals surface area contributed by atoms with Crippen LogP contribution in [0.1, 0.15) is 40.8 Å². The van der Waals surface area contributed by atoms with Gasteiger partial charge in [0.25, 0.3) is 0 Å². The molecule has 25 heavy (non-hydrogen) atoms. The Morgan fingerprint density at radius 1 is 0.960 bits per heavy atom. The number of nitrogens with zero attached hydrogens (tertiary/aromatic N) is 1. The zero-order valence-corrected chi connectivity index (χ0v) is 15.1. The molecule has 0 saturated carbocycles. The van der Waals surface area contributed by atoms with Crippen molar-refractivity contribution in [2.24, 2.45) is 0 Å². The molecular formula is C20H21N3OS. The van der Waals surface area contributed by atoms with E-state index in [-0.39, 0.29) is 18.1 Å². The summed E-state index contributed by atoms with van der Waals surface area (Å²) in [4.78, 5) is 17.0. The minimum Gasteiger partial charge on any atom is -0.329 e. The van der Waals surface area contributed by atoms with Gasteiger partial charge in [-0.2, -0.15) is 0 Å². The highest BCUT2D eigenvalue weighted by atomic mass is 32.1. The minimum atomic E-state index is -0.210. The first-order chi connectivity index (χ1) is 12.1. The van der Waals surface area contributed by atoms with Gasteiger partial charge in [0.1, 0.15) is 5.01 Å². The number of aromatic nitrogens is 1. The number of rotatable bonds is 5. The zero-order chi connectivity index (χ0) is 17.6. The summed E-state index contributed by atoms with van der Waals surface area (Å²) in [5.74, 6) is 0. The molecule has 2 N–H and O–H groups in total. The number of carbonyl (C=O) groups excluding carboxylic acids is 1. The van der Waals surface area contributed by atoms with Crippen LogP contribution < -0.4 is 10.6 Å². The van der Waals surface area contributed by atoms with Gasteiger partial charge in [-0.1, -0.05) is 60.7 Å². The van der Waals surface area contributed by atoms with E-state index in [1.807, 2.05) is 79.9 Å². The van der Waals surface area contributed by atoms with Gasteiger partial charge >= 0.3 is 6.03 Å². The summed E-state index contributed by atoms with van der Waals surface area (Å²) in [6, 6.07) is 19.4. The van der Waals surface area contributed by atoms with E-state index in [0.29, 0.717) is 0 Å². The van der Waals surface area contributed by atoms with Crippen LogP contribution in [-0.2, 0) is 0 Å². The van der Waals surface area contributed by atoms with E-state index < -0.39 is 0 Å². The molecule has 4 nitrogen and oxygen atoms in total. The number of urea groups is 1. The summed E-state index contributed by atoms with van der Waals surface area (Å²) < 4.78 is 0. The third-order valence-electron chi connectivity index (χ3n) is 3.90. The maximum Gasteiger partial charge on any atom is 0.316 e. The lowest BCUT2D eigenvalue weighted by Crippen LogP contribution is -2.39. The lowest BCUT2D eigenvalue weighted by molar-refractivity contribution is 0.235. The average Bonchev–Trinajstić information content (AvgIpc) is 3.08. The van der Waals surface area contributed by atoms with Gasteiger partial charge in [0, 0.05) is 11.1 Å². The molecule has 0 bridgehead atoms. The monoisotopic (exact) mass is 351 g/mol. The molecule has 1 atom stereocenters. The Labute approximate surface area is 151 Å².